The Bertz CT molecular complexity index is 270. The molecular weight excluding hydrogens is 216 g/mol. The van der Waals surface area contributed by atoms with Crippen LogP contribution >= 0.6 is 0 Å². The molecular formula is C13H24N2O2. The fraction of sp³-hybridized carbons (Fsp3) is 0.923. The molecule has 2 fully saturated rings. The quantitative estimate of drug-likeness (QED) is 0.805. The van der Waals surface area contributed by atoms with Crippen molar-refractivity contribution in [1.82, 2.24) is 4.90 Å². The average molecular weight is 240 g/mol. The van der Waals surface area contributed by atoms with Crippen LogP contribution in [0.4, 0.5) is 0 Å². The van der Waals surface area contributed by atoms with E-state index in [0.29, 0.717) is 12.5 Å². The highest BCUT2D eigenvalue weighted by Crippen LogP contribution is 2.26. The number of rotatable bonds is 3. The van der Waals surface area contributed by atoms with Gasteiger partial charge in [-0.05, 0) is 25.2 Å². The fourth-order valence-corrected chi connectivity index (χ4v) is 2.81. The van der Waals surface area contributed by atoms with Crippen LogP contribution in [0.3, 0.4) is 0 Å². The Morgan fingerprint density at radius 3 is 2.76 bits per heavy atom. The number of hydrogen-bond acceptors (Lipinski definition) is 3. The van der Waals surface area contributed by atoms with E-state index in [4.69, 9.17) is 10.5 Å². The lowest BCUT2D eigenvalue weighted by Crippen LogP contribution is -2.36. The third kappa shape index (κ3) is 3.42. The van der Waals surface area contributed by atoms with Crippen LogP contribution in [0.2, 0.25) is 0 Å². The monoisotopic (exact) mass is 240 g/mol. The smallest absolute Gasteiger partial charge is 0.248 e. The third-order valence-corrected chi connectivity index (χ3v) is 4.03. The van der Waals surface area contributed by atoms with E-state index in [2.05, 4.69) is 6.92 Å². The molecule has 0 aromatic carbocycles. The van der Waals surface area contributed by atoms with Gasteiger partial charge in [-0.2, -0.15) is 0 Å². The third-order valence-electron chi connectivity index (χ3n) is 4.03. The maximum atomic E-state index is 11.9. The molecule has 1 saturated heterocycles. The molecule has 2 rings (SSSR count). The van der Waals surface area contributed by atoms with Gasteiger partial charge in [0.25, 0.3) is 0 Å². The van der Waals surface area contributed by atoms with E-state index in [9.17, 15) is 4.79 Å². The van der Waals surface area contributed by atoms with Gasteiger partial charge in [-0.1, -0.05) is 19.8 Å². The van der Waals surface area contributed by atoms with Crippen molar-refractivity contribution in [2.45, 2.75) is 51.2 Å². The second-order valence-electron chi connectivity index (χ2n) is 5.50. The van der Waals surface area contributed by atoms with Gasteiger partial charge in [-0.25, -0.2) is 0 Å². The SMILES string of the molecule is C[C@H]1CCCC[C@H]1OCC(=O)N1CC[C@H](N)C1. The minimum atomic E-state index is 0.107. The molecule has 1 aliphatic heterocycles. The first-order valence-electron chi connectivity index (χ1n) is 6.82. The lowest BCUT2D eigenvalue weighted by molar-refractivity contribution is -0.139. The molecule has 0 aromatic rings. The molecule has 1 saturated carbocycles. The maximum Gasteiger partial charge on any atom is 0.248 e. The number of amides is 1. The van der Waals surface area contributed by atoms with Crippen molar-refractivity contribution < 1.29 is 9.53 Å². The van der Waals surface area contributed by atoms with Crippen LogP contribution in [-0.2, 0) is 9.53 Å². The molecule has 0 radical (unpaired) electrons. The van der Waals surface area contributed by atoms with Crippen molar-refractivity contribution in [2.24, 2.45) is 11.7 Å². The van der Waals surface area contributed by atoms with Crippen molar-refractivity contribution in [3.63, 3.8) is 0 Å². The zero-order chi connectivity index (χ0) is 12.3. The van der Waals surface area contributed by atoms with Gasteiger partial charge in [-0.15, -0.1) is 0 Å². The van der Waals surface area contributed by atoms with Crippen molar-refractivity contribution in [3.8, 4) is 0 Å². The molecule has 2 aliphatic rings. The number of hydrogen-bond donors (Lipinski definition) is 1. The molecule has 0 spiro atoms. The number of carbonyl (C=O) groups is 1. The van der Waals surface area contributed by atoms with E-state index in [0.717, 1.165) is 19.4 Å². The topological polar surface area (TPSA) is 55.6 Å². The van der Waals surface area contributed by atoms with Gasteiger partial charge in [0.05, 0.1) is 6.10 Å². The van der Waals surface area contributed by atoms with Crippen molar-refractivity contribution in [3.05, 3.63) is 0 Å². The van der Waals surface area contributed by atoms with Gasteiger partial charge in [-0.3, -0.25) is 4.79 Å². The molecule has 2 N–H and O–H groups in total. The predicted molar refractivity (Wildman–Crippen MR) is 66.5 cm³/mol. The number of carbonyl (C=O) groups excluding carboxylic acids is 1. The molecule has 0 aromatic heterocycles. The van der Waals surface area contributed by atoms with Gasteiger partial charge in [0, 0.05) is 19.1 Å². The Morgan fingerprint density at radius 1 is 1.35 bits per heavy atom. The minimum Gasteiger partial charge on any atom is -0.368 e. The van der Waals surface area contributed by atoms with Crippen LogP contribution in [0.15, 0.2) is 0 Å². The van der Waals surface area contributed by atoms with Crippen molar-refractivity contribution in [2.75, 3.05) is 19.7 Å². The summed E-state index contributed by atoms with van der Waals surface area (Å²) in [6.07, 6.45) is 6.07. The first-order chi connectivity index (χ1) is 8.16. The van der Waals surface area contributed by atoms with Crippen LogP contribution in [0.1, 0.15) is 39.0 Å². The molecule has 17 heavy (non-hydrogen) atoms. The molecule has 0 unspecified atom stereocenters. The van der Waals surface area contributed by atoms with Gasteiger partial charge < -0.3 is 15.4 Å². The van der Waals surface area contributed by atoms with Crippen molar-refractivity contribution in [1.29, 1.82) is 0 Å². The highest BCUT2D eigenvalue weighted by atomic mass is 16.5. The lowest BCUT2D eigenvalue weighted by atomic mass is 9.88. The Kier molecular flexibility index (Phi) is 4.40. The summed E-state index contributed by atoms with van der Waals surface area (Å²) >= 11 is 0. The second kappa shape index (κ2) is 5.83. The highest BCUT2D eigenvalue weighted by Gasteiger charge is 2.26. The van der Waals surface area contributed by atoms with E-state index >= 15 is 0 Å². The first kappa shape index (κ1) is 12.8. The summed E-state index contributed by atoms with van der Waals surface area (Å²) in [5.74, 6) is 0.702. The molecule has 1 amide bonds. The van der Waals surface area contributed by atoms with E-state index in [1.54, 1.807) is 0 Å². The van der Waals surface area contributed by atoms with E-state index < -0.39 is 0 Å². The second-order valence-corrected chi connectivity index (χ2v) is 5.50. The molecule has 98 valence electrons. The van der Waals surface area contributed by atoms with Gasteiger partial charge >= 0.3 is 0 Å². The summed E-state index contributed by atoms with van der Waals surface area (Å²) in [7, 11) is 0. The lowest BCUT2D eigenvalue weighted by Gasteiger charge is -2.29. The van der Waals surface area contributed by atoms with E-state index in [-0.39, 0.29) is 24.7 Å². The van der Waals surface area contributed by atoms with Crippen LogP contribution in [0.5, 0.6) is 0 Å². The summed E-state index contributed by atoms with van der Waals surface area (Å²) in [5.41, 5.74) is 5.79. The van der Waals surface area contributed by atoms with Gasteiger partial charge in [0.1, 0.15) is 6.61 Å². The van der Waals surface area contributed by atoms with Crippen LogP contribution in [0.25, 0.3) is 0 Å². The number of likely N-dealkylation sites (tertiary alicyclic amines) is 1. The molecule has 0 bridgehead atoms. The summed E-state index contributed by atoms with van der Waals surface area (Å²) < 4.78 is 5.77. The predicted octanol–water partition coefficient (Wildman–Crippen LogP) is 1.14. The number of nitrogens with two attached hydrogens (primary N) is 1. The largest absolute Gasteiger partial charge is 0.368 e. The summed E-state index contributed by atoms with van der Waals surface area (Å²) in [5, 5.41) is 0. The maximum absolute atomic E-state index is 11.9. The summed E-state index contributed by atoms with van der Waals surface area (Å²) in [6.45, 7) is 3.95. The molecule has 4 nitrogen and oxygen atoms in total. The standard InChI is InChI=1S/C13H24N2O2/c1-10-4-2-3-5-12(10)17-9-13(16)15-7-6-11(14)8-15/h10-12H,2-9,14H2,1H3/t10-,11-,12+/m0/s1. The minimum absolute atomic E-state index is 0.107. The first-order valence-corrected chi connectivity index (χ1v) is 6.82. The summed E-state index contributed by atoms with van der Waals surface area (Å²) in [4.78, 5) is 13.7. The average Bonchev–Trinajstić information content (AvgIpc) is 2.74. The van der Waals surface area contributed by atoms with Crippen molar-refractivity contribution >= 4 is 5.91 Å². The van der Waals surface area contributed by atoms with Crippen LogP contribution < -0.4 is 5.73 Å². The Hall–Kier alpha value is -0.610. The summed E-state index contributed by atoms with van der Waals surface area (Å²) in [6, 6.07) is 0.160. The molecule has 3 atom stereocenters. The fourth-order valence-electron chi connectivity index (χ4n) is 2.81. The Labute approximate surface area is 103 Å². The van der Waals surface area contributed by atoms with Gasteiger partial charge in [0.15, 0.2) is 0 Å². The molecule has 1 aliphatic carbocycles. The van der Waals surface area contributed by atoms with Crippen LogP contribution in [0, 0.1) is 5.92 Å². The zero-order valence-electron chi connectivity index (χ0n) is 10.7. The number of nitrogens with zero attached hydrogens (tertiary/aromatic N) is 1. The van der Waals surface area contributed by atoms with E-state index in [1.165, 1.54) is 19.3 Å². The van der Waals surface area contributed by atoms with Gasteiger partial charge in [0.2, 0.25) is 5.91 Å². The molecule has 4 heteroatoms. The zero-order valence-corrected chi connectivity index (χ0v) is 10.7. The normalized spacial score (nSPS) is 34.0. The Morgan fingerprint density at radius 2 is 2.12 bits per heavy atom. The molecule has 1 heterocycles. The number of ether oxygens (including phenoxy) is 1. The van der Waals surface area contributed by atoms with Crippen LogP contribution in [-0.4, -0.2) is 42.6 Å². The Balaban J connectivity index is 1.72. The van der Waals surface area contributed by atoms with E-state index in [1.807, 2.05) is 4.90 Å². The highest BCUT2D eigenvalue weighted by molar-refractivity contribution is 5.77.